The summed E-state index contributed by atoms with van der Waals surface area (Å²) in [5.74, 6) is -0.633. The first-order chi connectivity index (χ1) is 12.5. The van der Waals surface area contributed by atoms with Crippen molar-refractivity contribution in [3.8, 4) is 5.69 Å². The second kappa shape index (κ2) is 6.66. The van der Waals surface area contributed by atoms with Gasteiger partial charge < -0.3 is 5.32 Å². The second-order valence-corrected chi connectivity index (χ2v) is 8.98. The molecule has 1 saturated carbocycles. The van der Waals surface area contributed by atoms with Gasteiger partial charge in [-0.3, -0.25) is 4.79 Å². The van der Waals surface area contributed by atoms with E-state index in [1.165, 1.54) is 29.2 Å². The number of anilines is 1. The molecular formula is C17H18F3N3O3S. The highest BCUT2D eigenvalue weighted by atomic mass is 32.2. The number of aromatic nitrogens is 2. The fourth-order valence-corrected chi connectivity index (χ4v) is 4.73. The molecule has 1 N–H and O–H groups in total. The minimum Gasteiger partial charge on any atom is -0.322 e. The van der Waals surface area contributed by atoms with E-state index in [4.69, 9.17) is 0 Å². The standard InChI is InChI=1S/C17H18F3N3O3S/c1-27(25,26)16(7-2-3-8-16)15(24)22-13-10-21-23(11-13)14-6-4-5-12(9-14)17(18,19)20/h4-6,9-11H,2-3,7-8H2,1H3,(H,22,24). The van der Waals surface area contributed by atoms with Crippen LogP contribution in [0.15, 0.2) is 36.7 Å². The van der Waals surface area contributed by atoms with Crippen LogP contribution in [0.5, 0.6) is 0 Å². The van der Waals surface area contributed by atoms with Crippen molar-refractivity contribution in [2.24, 2.45) is 0 Å². The monoisotopic (exact) mass is 401 g/mol. The predicted octanol–water partition coefficient (Wildman–Crippen LogP) is 3.19. The van der Waals surface area contributed by atoms with Crippen molar-refractivity contribution in [3.63, 3.8) is 0 Å². The van der Waals surface area contributed by atoms with E-state index in [9.17, 15) is 26.4 Å². The molecule has 1 aliphatic carbocycles. The van der Waals surface area contributed by atoms with Gasteiger partial charge in [0.1, 0.15) is 0 Å². The van der Waals surface area contributed by atoms with E-state index in [1.54, 1.807) is 0 Å². The van der Waals surface area contributed by atoms with Gasteiger partial charge in [-0.05, 0) is 31.0 Å². The molecule has 146 valence electrons. The van der Waals surface area contributed by atoms with Gasteiger partial charge in [0, 0.05) is 6.26 Å². The van der Waals surface area contributed by atoms with Crippen LogP contribution in [0.2, 0.25) is 0 Å². The molecule has 2 aromatic rings. The van der Waals surface area contributed by atoms with Crippen molar-refractivity contribution in [3.05, 3.63) is 42.2 Å². The van der Waals surface area contributed by atoms with E-state index in [1.807, 2.05) is 0 Å². The molecule has 1 heterocycles. The summed E-state index contributed by atoms with van der Waals surface area (Å²) in [5.41, 5.74) is -0.431. The van der Waals surface area contributed by atoms with Crippen LogP contribution in [0, 0.1) is 0 Å². The molecule has 27 heavy (non-hydrogen) atoms. The van der Waals surface area contributed by atoms with Gasteiger partial charge in [-0.15, -0.1) is 0 Å². The van der Waals surface area contributed by atoms with E-state index < -0.39 is 32.2 Å². The number of carbonyl (C=O) groups excluding carboxylic acids is 1. The van der Waals surface area contributed by atoms with Crippen LogP contribution >= 0.6 is 0 Å². The molecule has 0 aliphatic heterocycles. The summed E-state index contributed by atoms with van der Waals surface area (Å²) in [7, 11) is -3.62. The molecule has 1 amide bonds. The van der Waals surface area contributed by atoms with Crippen LogP contribution in [0.1, 0.15) is 31.2 Å². The average molecular weight is 401 g/mol. The minimum absolute atomic E-state index is 0.170. The van der Waals surface area contributed by atoms with Crippen molar-refractivity contribution in [2.45, 2.75) is 36.6 Å². The van der Waals surface area contributed by atoms with Gasteiger partial charge in [-0.25, -0.2) is 13.1 Å². The summed E-state index contributed by atoms with van der Waals surface area (Å²) in [4.78, 5) is 12.6. The summed E-state index contributed by atoms with van der Waals surface area (Å²) in [6, 6.07) is 4.59. The normalized spacial score (nSPS) is 17.0. The van der Waals surface area contributed by atoms with E-state index in [0.717, 1.165) is 18.4 Å². The number of benzene rings is 1. The number of hydrogen-bond acceptors (Lipinski definition) is 4. The van der Waals surface area contributed by atoms with Gasteiger partial charge in [-0.2, -0.15) is 18.3 Å². The summed E-state index contributed by atoms with van der Waals surface area (Å²) >= 11 is 0. The van der Waals surface area contributed by atoms with Crippen molar-refractivity contribution in [1.82, 2.24) is 9.78 Å². The van der Waals surface area contributed by atoms with E-state index in [2.05, 4.69) is 10.4 Å². The lowest BCUT2D eigenvalue weighted by atomic mass is 10.1. The third-order valence-corrected chi connectivity index (χ3v) is 6.83. The fourth-order valence-electron chi connectivity index (χ4n) is 3.31. The third-order valence-electron chi connectivity index (χ3n) is 4.81. The van der Waals surface area contributed by atoms with Gasteiger partial charge in [-0.1, -0.05) is 18.9 Å². The molecule has 1 fully saturated rings. The summed E-state index contributed by atoms with van der Waals surface area (Å²) in [6.45, 7) is 0. The zero-order valence-electron chi connectivity index (χ0n) is 14.5. The molecule has 1 aromatic carbocycles. The number of alkyl halides is 3. The van der Waals surface area contributed by atoms with Crippen LogP contribution in [0.3, 0.4) is 0 Å². The Morgan fingerprint density at radius 1 is 1.26 bits per heavy atom. The van der Waals surface area contributed by atoms with E-state index in [0.29, 0.717) is 12.8 Å². The number of hydrogen-bond donors (Lipinski definition) is 1. The van der Waals surface area contributed by atoms with Crippen molar-refractivity contribution in [2.75, 3.05) is 11.6 Å². The molecule has 1 aromatic heterocycles. The molecule has 0 bridgehead atoms. The lowest BCUT2D eigenvalue weighted by Crippen LogP contribution is -2.46. The van der Waals surface area contributed by atoms with Gasteiger partial charge in [0.15, 0.2) is 14.6 Å². The number of nitrogens with zero attached hydrogens (tertiary/aromatic N) is 2. The smallest absolute Gasteiger partial charge is 0.322 e. The number of nitrogens with one attached hydrogen (secondary N) is 1. The first-order valence-electron chi connectivity index (χ1n) is 8.26. The van der Waals surface area contributed by atoms with Crippen molar-refractivity contribution >= 4 is 21.4 Å². The van der Waals surface area contributed by atoms with Gasteiger partial charge in [0.25, 0.3) is 0 Å². The summed E-state index contributed by atoms with van der Waals surface area (Å²) < 4.78 is 62.6. The number of rotatable bonds is 4. The molecular weight excluding hydrogens is 383 g/mol. The molecule has 0 radical (unpaired) electrons. The van der Waals surface area contributed by atoms with Crippen LogP contribution in [-0.2, 0) is 20.8 Å². The Morgan fingerprint density at radius 2 is 1.93 bits per heavy atom. The maximum Gasteiger partial charge on any atom is 0.416 e. The Hall–Kier alpha value is -2.36. The SMILES string of the molecule is CS(=O)(=O)C1(C(=O)Nc2cnn(-c3cccc(C(F)(F)F)c3)c2)CCCC1. The topological polar surface area (TPSA) is 81.1 Å². The maximum absolute atomic E-state index is 12.8. The molecule has 3 rings (SSSR count). The average Bonchev–Trinajstić information content (AvgIpc) is 3.23. The first kappa shape index (κ1) is 19.4. The van der Waals surface area contributed by atoms with Gasteiger partial charge in [0.2, 0.25) is 5.91 Å². The van der Waals surface area contributed by atoms with Crippen molar-refractivity contribution < 1.29 is 26.4 Å². The number of sulfone groups is 1. The zero-order valence-corrected chi connectivity index (χ0v) is 15.3. The van der Waals surface area contributed by atoms with Crippen molar-refractivity contribution in [1.29, 1.82) is 0 Å². The van der Waals surface area contributed by atoms with E-state index >= 15 is 0 Å². The Morgan fingerprint density at radius 3 is 2.52 bits per heavy atom. The molecule has 0 saturated heterocycles. The molecule has 0 atom stereocenters. The first-order valence-corrected chi connectivity index (χ1v) is 10.2. The van der Waals surface area contributed by atoms with Gasteiger partial charge >= 0.3 is 6.18 Å². The quantitative estimate of drug-likeness (QED) is 0.853. The maximum atomic E-state index is 12.8. The number of amides is 1. The van der Waals surface area contributed by atoms with Crippen LogP contribution < -0.4 is 5.32 Å². The molecule has 1 aliphatic rings. The number of halogens is 3. The molecule has 6 nitrogen and oxygen atoms in total. The second-order valence-electron chi connectivity index (χ2n) is 6.65. The highest BCUT2D eigenvalue weighted by Gasteiger charge is 2.50. The fraction of sp³-hybridized carbons (Fsp3) is 0.412. The van der Waals surface area contributed by atoms with Crippen LogP contribution in [-0.4, -0.2) is 35.1 Å². The highest BCUT2D eigenvalue weighted by molar-refractivity contribution is 7.92. The summed E-state index contributed by atoms with van der Waals surface area (Å²) in [5, 5.41) is 6.50. The Labute approximate surface area is 154 Å². The largest absolute Gasteiger partial charge is 0.416 e. The highest BCUT2D eigenvalue weighted by Crippen LogP contribution is 2.37. The summed E-state index contributed by atoms with van der Waals surface area (Å²) in [6.07, 6.45) is 0.961. The Kier molecular flexibility index (Phi) is 4.79. The molecule has 10 heteroatoms. The molecule has 0 spiro atoms. The lowest BCUT2D eigenvalue weighted by molar-refractivity contribution is -0.137. The zero-order chi connectivity index (χ0) is 19.9. The molecule has 0 unspecified atom stereocenters. The van der Waals surface area contributed by atoms with Crippen LogP contribution in [0.25, 0.3) is 5.69 Å². The van der Waals surface area contributed by atoms with E-state index in [-0.39, 0.29) is 24.2 Å². The third kappa shape index (κ3) is 3.71. The lowest BCUT2D eigenvalue weighted by Gasteiger charge is -2.25. The Balaban J connectivity index is 1.84. The minimum atomic E-state index is -4.48. The predicted molar refractivity (Wildman–Crippen MR) is 93.2 cm³/mol. The Bertz CT molecular complexity index is 961. The van der Waals surface area contributed by atoms with Gasteiger partial charge in [0.05, 0.1) is 29.3 Å². The number of carbonyl (C=O) groups is 1. The van der Waals surface area contributed by atoms with Crippen LogP contribution in [0.4, 0.5) is 18.9 Å².